The van der Waals surface area contributed by atoms with Crippen molar-refractivity contribution in [1.29, 1.82) is 0 Å². The average Bonchev–Trinajstić information content (AvgIpc) is 2.35. The van der Waals surface area contributed by atoms with Crippen molar-refractivity contribution in [2.24, 2.45) is 0 Å². The lowest BCUT2D eigenvalue weighted by Crippen LogP contribution is -2.12. The molecule has 0 aliphatic heterocycles. The zero-order valence-electron chi connectivity index (χ0n) is 9.32. The van der Waals surface area contributed by atoms with Crippen molar-refractivity contribution >= 4 is 22.6 Å². The Labute approximate surface area is 104 Å². The zero-order valence-corrected chi connectivity index (χ0v) is 9.32. The summed E-state index contributed by atoms with van der Waals surface area (Å²) in [5, 5.41) is 19.4. The first kappa shape index (κ1) is 12.5. The molecule has 0 radical (unpaired) electrons. The molecule has 0 atom stereocenters. The van der Waals surface area contributed by atoms with Crippen LogP contribution in [0, 0.1) is 10.1 Å². The predicted molar refractivity (Wildman–Crippen MR) is 62.1 cm³/mol. The number of rotatable bonds is 4. The van der Waals surface area contributed by atoms with Gasteiger partial charge in [-0.15, -0.1) is 0 Å². The average molecular weight is 265 g/mol. The smallest absolute Gasteiger partial charge is 0.341 e. The molecule has 9 nitrogen and oxygen atoms in total. The number of hydrogen-bond acceptors (Lipinski definition) is 6. The fourth-order valence-corrected chi connectivity index (χ4v) is 1.48. The van der Waals surface area contributed by atoms with Crippen LogP contribution in [0.4, 0.5) is 5.69 Å². The van der Waals surface area contributed by atoms with E-state index in [-0.39, 0.29) is 16.7 Å². The van der Waals surface area contributed by atoms with Gasteiger partial charge in [0.2, 0.25) is 0 Å². The Morgan fingerprint density at radius 2 is 2.26 bits per heavy atom. The van der Waals surface area contributed by atoms with Gasteiger partial charge >= 0.3 is 11.7 Å². The number of benzene rings is 1. The number of aromatic amines is 1. The van der Waals surface area contributed by atoms with E-state index in [2.05, 4.69) is 9.97 Å². The fourth-order valence-electron chi connectivity index (χ4n) is 1.48. The third-order valence-corrected chi connectivity index (χ3v) is 2.27. The molecule has 0 unspecified atom stereocenters. The summed E-state index contributed by atoms with van der Waals surface area (Å²) in [6, 6.07) is 2.16. The molecular formula is C10H7N3O6. The Morgan fingerprint density at radius 1 is 1.53 bits per heavy atom. The number of carboxylic acid groups (broad SMARTS) is 1. The molecule has 1 aromatic heterocycles. The van der Waals surface area contributed by atoms with E-state index in [0.29, 0.717) is 0 Å². The Kier molecular flexibility index (Phi) is 3.10. The van der Waals surface area contributed by atoms with Gasteiger partial charge in [-0.05, 0) is 0 Å². The lowest BCUT2D eigenvalue weighted by molar-refractivity contribution is -0.385. The molecule has 98 valence electrons. The number of nitrogens with one attached hydrogen (secondary N) is 1. The molecule has 0 spiro atoms. The minimum Gasteiger partial charge on any atom is -0.479 e. The van der Waals surface area contributed by atoms with E-state index >= 15 is 0 Å². The van der Waals surface area contributed by atoms with Gasteiger partial charge in [0.15, 0.2) is 12.4 Å². The third-order valence-electron chi connectivity index (χ3n) is 2.27. The Morgan fingerprint density at radius 3 is 2.89 bits per heavy atom. The largest absolute Gasteiger partial charge is 0.479 e. The van der Waals surface area contributed by atoms with Crippen molar-refractivity contribution in [3.05, 3.63) is 38.9 Å². The van der Waals surface area contributed by atoms with E-state index in [4.69, 9.17) is 9.84 Å². The maximum atomic E-state index is 11.5. The second kappa shape index (κ2) is 4.72. The number of fused-ring (bicyclic) bond motifs is 1. The third kappa shape index (κ3) is 2.49. The lowest BCUT2D eigenvalue weighted by atomic mass is 10.2. The highest BCUT2D eigenvalue weighted by Crippen LogP contribution is 2.29. The van der Waals surface area contributed by atoms with E-state index < -0.39 is 28.7 Å². The van der Waals surface area contributed by atoms with Crippen LogP contribution in [0.25, 0.3) is 10.9 Å². The summed E-state index contributed by atoms with van der Waals surface area (Å²) >= 11 is 0. The van der Waals surface area contributed by atoms with Crippen molar-refractivity contribution in [1.82, 2.24) is 9.97 Å². The summed E-state index contributed by atoms with van der Waals surface area (Å²) in [5.41, 5.74) is -0.847. The number of aromatic nitrogens is 2. The van der Waals surface area contributed by atoms with Crippen molar-refractivity contribution < 1.29 is 19.6 Å². The molecule has 0 saturated heterocycles. The summed E-state index contributed by atoms with van der Waals surface area (Å²) in [4.78, 5) is 38.1. The Bertz CT molecular complexity index is 723. The van der Waals surface area contributed by atoms with Gasteiger partial charge in [-0.1, -0.05) is 0 Å². The van der Waals surface area contributed by atoms with Crippen LogP contribution in [0.2, 0.25) is 0 Å². The number of nitrogens with zero attached hydrogens (tertiary/aromatic N) is 2. The fraction of sp³-hybridized carbons (Fsp3) is 0.100. The van der Waals surface area contributed by atoms with Gasteiger partial charge in [0, 0.05) is 12.1 Å². The molecule has 0 aliphatic rings. The van der Waals surface area contributed by atoms with Gasteiger partial charge in [0.25, 0.3) is 5.56 Å². The van der Waals surface area contributed by atoms with Gasteiger partial charge < -0.3 is 14.8 Å². The standard InChI is InChI=1S/C10H7N3O6/c14-9(15)3-19-8-2-6-5(1-7(8)13(17)18)10(16)12-4-11-6/h1-2,4H,3H2,(H,14,15)(H,11,12,16). The molecule has 1 heterocycles. The highest BCUT2D eigenvalue weighted by molar-refractivity contribution is 5.83. The highest BCUT2D eigenvalue weighted by atomic mass is 16.6. The lowest BCUT2D eigenvalue weighted by Gasteiger charge is -2.05. The molecule has 0 aliphatic carbocycles. The normalized spacial score (nSPS) is 10.3. The molecule has 2 rings (SSSR count). The van der Waals surface area contributed by atoms with Crippen LogP contribution in [0.5, 0.6) is 5.75 Å². The summed E-state index contributed by atoms with van der Waals surface area (Å²) in [6.07, 6.45) is 1.14. The number of carbonyl (C=O) groups is 1. The SMILES string of the molecule is O=C(O)COc1cc2nc[nH]c(=O)c2cc1[N+](=O)[O-]. The van der Waals surface area contributed by atoms with Gasteiger partial charge in [0.05, 0.1) is 22.2 Å². The van der Waals surface area contributed by atoms with Crippen molar-refractivity contribution in [3.8, 4) is 5.75 Å². The summed E-state index contributed by atoms with van der Waals surface area (Å²) < 4.78 is 4.81. The van der Waals surface area contributed by atoms with E-state index in [1.165, 1.54) is 0 Å². The van der Waals surface area contributed by atoms with Crippen LogP contribution in [-0.4, -0.2) is 32.6 Å². The maximum absolute atomic E-state index is 11.5. The van der Waals surface area contributed by atoms with Gasteiger partial charge in [-0.2, -0.15) is 0 Å². The molecule has 2 aromatic rings. The number of nitro groups is 1. The summed E-state index contributed by atoms with van der Waals surface area (Å²) in [5.74, 6) is -1.52. The molecule has 0 saturated carbocycles. The summed E-state index contributed by atoms with van der Waals surface area (Å²) in [6.45, 7) is -0.727. The van der Waals surface area contributed by atoms with Crippen LogP contribution in [0.15, 0.2) is 23.3 Å². The molecule has 19 heavy (non-hydrogen) atoms. The summed E-state index contributed by atoms with van der Waals surface area (Å²) in [7, 11) is 0. The number of nitro benzene ring substituents is 1. The van der Waals surface area contributed by atoms with Crippen molar-refractivity contribution in [2.45, 2.75) is 0 Å². The first-order valence-corrected chi connectivity index (χ1v) is 4.99. The van der Waals surface area contributed by atoms with Gasteiger partial charge in [-0.25, -0.2) is 9.78 Å². The molecular weight excluding hydrogens is 258 g/mol. The molecule has 2 N–H and O–H groups in total. The van der Waals surface area contributed by atoms with Crippen molar-refractivity contribution in [2.75, 3.05) is 6.61 Å². The van der Waals surface area contributed by atoms with Crippen LogP contribution in [0.3, 0.4) is 0 Å². The van der Waals surface area contributed by atoms with E-state index in [1.54, 1.807) is 0 Å². The maximum Gasteiger partial charge on any atom is 0.341 e. The first-order chi connectivity index (χ1) is 8.99. The number of ether oxygens (including phenoxy) is 1. The molecule has 0 amide bonds. The first-order valence-electron chi connectivity index (χ1n) is 4.99. The number of aliphatic carboxylic acids is 1. The van der Waals surface area contributed by atoms with Crippen LogP contribution in [0.1, 0.15) is 0 Å². The second-order valence-corrected chi connectivity index (χ2v) is 3.51. The van der Waals surface area contributed by atoms with Gasteiger partial charge in [-0.3, -0.25) is 14.9 Å². The molecule has 9 heteroatoms. The number of carboxylic acids is 1. The zero-order chi connectivity index (χ0) is 14.0. The minimum atomic E-state index is -1.27. The van der Waals surface area contributed by atoms with E-state index in [1.807, 2.05) is 0 Å². The minimum absolute atomic E-state index is 0.0249. The Hall–Kier alpha value is -2.97. The van der Waals surface area contributed by atoms with Crippen molar-refractivity contribution in [3.63, 3.8) is 0 Å². The van der Waals surface area contributed by atoms with E-state index in [9.17, 15) is 19.7 Å². The topological polar surface area (TPSA) is 135 Å². The number of H-pyrrole nitrogens is 1. The van der Waals surface area contributed by atoms with Gasteiger partial charge in [0.1, 0.15) is 0 Å². The highest BCUT2D eigenvalue weighted by Gasteiger charge is 2.19. The second-order valence-electron chi connectivity index (χ2n) is 3.51. The monoisotopic (exact) mass is 265 g/mol. The quantitative estimate of drug-likeness (QED) is 0.599. The van der Waals surface area contributed by atoms with E-state index in [0.717, 1.165) is 18.5 Å². The predicted octanol–water partition coefficient (Wildman–Crippen LogP) is 0.295. The van der Waals surface area contributed by atoms with Crippen LogP contribution in [-0.2, 0) is 4.79 Å². The Balaban J connectivity index is 2.61. The molecule has 0 bridgehead atoms. The molecule has 1 aromatic carbocycles. The van der Waals surface area contributed by atoms with Crippen LogP contribution >= 0.6 is 0 Å². The molecule has 0 fully saturated rings. The van der Waals surface area contributed by atoms with Crippen LogP contribution < -0.4 is 10.3 Å². The number of hydrogen-bond donors (Lipinski definition) is 2.